The van der Waals surface area contributed by atoms with Gasteiger partial charge in [-0.25, -0.2) is 4.98 Å². The van der Waals surface area contributed by atoms with Gasteiger partial charge in [-0.15, -0.1) is 10.2 Å². The van der Waals surface area contributed by atoms with Crippen molar-refractivity contribution in [3.63, 3.8) is 0 Å². The number of aromatic amines is 1. The van der Waals surface area contributed by atoms with Gasteiger partial charge in [0.2, 0.25) is 5.13 Å². The summed E-state index contributed by atoms with van der Waals surface area (Å²) in [4.78, 5) is 9.08. The summed E-state index contributed by atoms with van der Waals surface area (Å²) in [6.07, 6.45) is 3.49. The Bertz CT molecular complexity index is 975. The zero-order valence-electron chi connectivity index (χ0n) is 13.2. The number of H-pyrrole nitrogens is 1. The average molecular weight is 337 g/mol. The normalized spacial score (nSPS) is 11.3. The van der Waals surface area contributed by atoms with Crippen LogP contribution >= 0.6 is 11.3 Å². The lowest BCUT2D eigenvalue weighted by molar-refractivity contribution is 0.825. The van der Waals surface area contributed by atoms with Crippen LogP contribution < -0.4 is 5.32 Å². The number of pyridine rings is 2. The van der Waals surface area contributed by atoms with E-state index in [0.29, 0.717) is 11.7 Å². The van der Waals surface area contributed by atoms with Crippen molar-refractivity contribution in [2.45, 2.75) is 19.8 Å². The third-order valence-corrected chi connectivity index (χ3v) is 4.68. The van der Waals surface area contributed by atoms with Crippen LogP contribution in [-0.2, 0) is 0 Å². The topological polar surface area (TPSA) is 92.3 Å². The highest BCUT2D eigenvalue weighted by atomic mass is 32.1. The van der Waals surface area contributed by atoms with Crippen molar-refractivity contribution in [2.75, 3.05) is 5.32 Å². The van der Waals surface area contributed by atoms with Gasteiger partial charge in [0.15, 0.2) is 0 Å². The van der Waals surface area contributed by atoms with E-state index in [2.05, 4.69) is 44.5 Å². The Balaban J connectivity index is 1.73. The highest BCUT2D eigenvalue weighted by molar-refractivity contribution is 7.15. The number of rotatable bonds is 4. The van der Waals surface area contributed by atoms with Crippen molar-refractivity contribution in [1.82, 2.24) is 30.4 Å². The molecule has 0 atom stereocenters. The minimum Gasteiger partial charge on any atom is -0.315 e. The molecule has 0 amide bonds. The summed E-state index contributed by atoms with van der Waals surface area (Å²) in [6.45, 7) is 4.20. The van der Waals surface area contributed by atoms with Gasteiger partial charge in [0.05, 0.1) is 11.2 Å². The number of nitrogens with one attached hydrogen (secondary N) is 2. The highest BCUT2D eigenvalue weighted by Gasteiger charge is 2.11. The molecule has 0 fully saturated rings. The van der Waals surface area contributed by atoms with E-state index < -0.39 is 0 Å². The zero-order chi connectivity index (χ0) is 16.5. The van der Waals surface area contributed by atoms with Gasteiger partial charge >= 0.3 is 0 Å². The maximum absolute atomic E-state index is 4.70. The fourth-order valence-corrected chi connectivity index (χ4v) is 3.10. The molecule has 120 valence electrons. The number of aromatic nitrogens is 6. The molecule has 4 aromatic rings. The van der Waals surface area contributed by atoms with E-state index >= 15 is 0 Å². The Kier molecular flexibility index (Phi) is 3.66. The zero-order valence-corrected chi connectivity index (χ0v) is 14.0. The summed E-state index contributed by atoms with van der Waals surface area (Å²) in [5, 5.41) is 20.3. The van der Waals surface area contributed by atoms with Gasteiger partial charge in [-0.1, -0.05) is 25.2 Å². The van der Waals surface area contributed by atoms with Crippen molar-refractivity contribution >= 4 is 33.3 Å². The summed E-state index contributed by atoms with van der Waals surface area (Å²) in [6, 6.07) is 7.67. The van der Waals surface area contributed by atoms with Gasteiger partial charge < -0.3 is 5.32 Å². The molecule has 0 aromatic carbocycles. The largest absolute Gasteiger partial charge is 0.315 e. The van der Waals surface area contributed by atoms with E-state index in [1.807, 2.05) is 24.3 Å². The standard InChI is InChI=1S/C16H15N7S/c1-9(2)15-22-23-16(24-15)20-13-4-3-12-14(19-13)10(5-7-17-12)11-6-8-18-21-11/h3-9H,1-2H3,(H,18,21)(H,19,20,23). The van der Waals surface area contributed by atoms with Gasteiger partial charge in [0.1, 0.15) is 16.3 Å². The second kappa shape index (κ2) is 5.97. The van der Waals surface area contributed by atoms with Gasteiger partial charge in [-0.3, -0.25) is 10.1 Å². The Hall–Kier alpha value is -2.87. The Morgan fingerprint density at radius 3 is 2.75 bits per heavy atom. The molecule has 2 N–H and O–H groups in total. The number of fused-ring (bicyclic) bond motifs is 1. The van der Waals surface area contributed by atoms with Gasteiger partial charge in [0, 0.05) is 23.9 Å². The molecule has 4 rings (SSSR count). The third-order valence-electron chi connectivity index (χ3n) is 3.54. The quantitative estimate of drug-likeness (QED) is 0.589. The number of hydrogen-bond donors (Lipinski definition) is 2. The molecule has 0 radical (unpaired) electrons. The molecule has 0 aliphatic heterocycles. The first kappa shape index (κ1) is 14.7. The summed E-state index contributed by atoms with van der Waals surface area (Å²) >= 11 is 1.54. The molecular weight excluding hydrogens is 322 g/mol. The van der Waals surface area contributed by atoms with E-state index in [0.717, 1.165) is 32.4 Å². The Morgan fingerprint density at radius 2 is 2.00 bits per heavy atom. The lowest BCUT2D eigenvalue weighted by atomic mass is 10.1. The Labute approximate surface area is 142 Å². The number of anilines is 2. The van der Waals surface area contributed by atoms with E-state index in [9.17, 15) is 0 Å². The molecule has 4 aromatic heterocycles. The van der Waals surface area contributed by atoms with Crippen LogP contribution in [0.1, 0.15) is 24.8 Å². The molecule has 0 bridgehead atoms. The summed E-state index contributed by atoms with van der Waals surface area (Å²) in [7, 11) is 0. The lowest BCUT2D eigenvalue weighted by Gasteiger charge is -2.06. The van der Waals surface area contributed by atoms with Crippen LogP contribution in [-0.4, -0.2) is 30.4 Å². The van der Waals surface area contributed by atoms with Crippen molar-refractivity contribution in [1.29, 1.82) is 0 Å². The smallest absolute Gasteiger partial charge is 0.211 e. The van der Waals surface area contributed by atoms with Crippen molar-refractivity contribution in [3.8, 4) is 11.3 Å². The second-order valence-electron chi connectivity index (χ2n) is 5.62. The Morgan fingerprint density at radius 1 is 1.08 bits per heavy atom. The van der Waals surface area contributed by atoms with Gasteiger partial charge in [-0.2, -0.15) is 5.10 Å². The van der Waals surface area contributed by atoms with E-state index in [1.54, 1.807) is 12.4 Å². The highest BCUT2D eigenvalue weighted by Crippen LogP contribution is 2.28. The second-order valence-corrected chi connectivity index (χ2v) is 6.63. The fraction of sp³-hybridized carbons (Fsp3) is 0.188. The maximum Gasteiger partial charge on any atom is 0.211 e. The molecular formula is C16H15N7S. The molecule has 0 unspecified atom stereocenters. The van der Waals surface area contributed by atoms with Crippen LogP contribution in [0.2, 0.25) is 0 Å². The van der Waals surface area contributed by atoms with Crippen LogP contribution in [0, 0.1) is 0 Å². The van der Waals surface area contributed by atoms with E-state index in [4.69, 9.17) is 4.98 Å². The molecule has 4 heterocycles. The molecule has 24 heavy (non-hydrogen) atoms. The van der Waals surface area contributed by atoms with Gasteiger partial charge in [-0.05, 0) is 24.3 Å². The average Bonchev–Trinajstić information content (AvgIpc) is 3.26. The third kappa shape index (κ3) is 2.71. The summed E-state index contributed by atoms with van der Waals surface area (Å²) < 4.78 is 0. The first-order valence-corrected chi connectivity index (χ1v) is 8.38. The molecule has 0 saturated carbocycles. The molecule has 0 spiro atoms. The van der Waals surface area contributed by atoms with Crippen molar-refractivity contribution in [2.24, 2.45) is 0 Å². The van der Waals surface area contributed by atoms with E-state index in [1.165, 1.54) is 11.3 Å². The number of hydrogen-bond acceptors (Lipinski definition) is 7. The van der Waals surface area contributed by atoms with Crippen LogP contribution in [0.3, 0.4) is 0 Å². The van der Waals surface area contributed by atoms with Crippen LogP contribution in [0.15, 0.2) is 36.7 Å². The van der Waals surface area contributed by atoms with Crippen LogP contribution in [0.5, 0.6) is 0 Å². The predicted octanol–water partition coefficient (Wildman–Crippen LogP) is 3.74. The minimum absolute atomic E-state index is 0.360. The lowest BCUT2D eigenvalue weighted by Crippen LogP contribution is -1.95. The van der Waals surface area contributed by atoms with Gasteiger partial charge in [0.25, 0.3) is 0 Å². The summed E-state index contributed by atoms with van der Waals surface area (Å²) in [5.41, 5.74) is 3.50. The first-order valence-electron chi connectivity index (χ1n) is 7.56. The van der Waals surface area contributed by atoms with Crippen molar-refractivity contribution < 1.29 is 0 Å². The molecule has 0 saturated heterocycles. The van der Waals surface area contributed by atoms with Crippen LogP contribution in [0.4, 0.5) is 10.9 Å². The monoisotopic (exact) mass is 337 g/mol. The summed E-state index contributed by atoms with van der Waals surface area (Å²) in [5.74, 6) is 1.07. The van der Waals surface area contributed by atoms with Crippen LogP contribution in [0.25, 0.3) is 22.3 Å². The molecule has 8 heteroatoms. The SMILES string of the molecule is CC(C)c1nnc(Nc2ccc3nccc(-c4ccn[nH]4)c3n2)s1. The van der Waals surface area contributed by atoms with Crippen molar-refractivity contribution in [3.05, 3.63) is 41.7 Å². The number of nitrogens with zero attached hydrogens (tertiary/aromatic N) is 5. The predicted molar refractivity (Wildman–Crippen MR) is 94.4 cm³/mol. The minimum atomic E-state index is 0.360. The molecule has 0 aliphatic rings. The molecule has 0 aliphatic carbocycles. The maximum atomic E-state index is 4.70. The first-order chi connectivity index (χ1) is 11.7. The van der Waals surface area contributed by atoms with E-state index in [-0.39, 0.29) is 0 Å². The fourth-order valence-electron chi connectivity index (χ4n) is 2.35. The molecule has 7 nitrogen and oxygen atoms in total.